The highest BCUT2D eigenvalue weighted by Gasteiger charge is 2.27. The molecule has 1 aliphatic heterocycles. The molecule has 10 heteroatoms. The summed E-state index contributed by atoms with van der Waals surface area (Å²) in [5, 5.41) is 18.0. The van der Waals surface area contributed by atoms with Crippen molar-refractivity contribution in [1.29, 1.82) is 0 Å². The zero-order valence-corrected chi connectivity index (χ0v) is 13.2. The fraction of sp³-hybridized carbons (Fsp3) is 0.462. The van der Waals surface area contributed by atoms with Crippen LogP contribution in [0, 0.1) is 10.1 Å². The number of H-pyrrole nitrogens is 1. The van der Waals surface area contributed by atoms with E-state index in [1.165, 1.54) is 12.3 Å². The number of hydrogen-bond acceptors (Lipinski definition) is 7. The lowest BCUT2D eigenvalue weighted by Gasteiger charge is -2.32. The van der Waals surface area contributed by atoms with Crippen LogP contribution in [0.15, 0.2) is 12.3 Å². The Bertz CT molecular complexity index is 721. The van der Waals surface area contributed by atoms with Gasteiger partial charge in [0.1, 0.15) is 23.9 Å². The summed E-state index contributed by atoms with van der Waals surface area (Å²) in [4.78, 5) is 20.7. The Labute approximate surface area is 136 Å². The third kappa shape index (κ3) is 3.25. The number of nitro groups is 1. The van der Waals surface area contributed by atoms with Gasteiger partial charge in [-0.1, -0.05) is 18.5 Å². The molecule has 3 rings (SSSR count). The summed E-state index contributed by atoms with van der Waals surface area (Å²) in [7, 11) is 0. The third-order valence-corrected chi connectivity index (χ3v) is 3.83. The van der Waals surface area contributed by atoms with Crippen molar-refractivity contribution >= 4 is 23.1 Å². The van der Waals surface area contributed by atoms with Crippen LogP contribution in [0.1, 0.15) is 24.7 Å². The van der Waals surface area contributed by atoms with E-state index < -0.39 is 4.92 Å². The number of aromatic amines is 1. The number of halogens is 1. The Morgan fingerprint density at radius 1 is 1.61 bits per heavy atom. The van der Waals surface area contributed by atoms with Gasteiger partial charge >= 0.3 is 0 Å². The van der Waals surface area contributed by atoms with E-state index in [0.717, 1.165) is 12.2 Å². The number of ether oxygens (including phenoxy) is 1. The average Bonchev–Trinajstić information content (AvgIpc) is 3.04. The summed E-state index contributed by atoms with van der Waals surface area (Å²) in [6.07, 6.45) is 1.67. The molecule has 3 heterocycles. The standard InChI is InChI=1S/C13H15ClN6O3/c1-2-11-16-12(18-17-11)10-7-19(3-4-23-10)13-9(14)5-8(6-15-13)20(21)22/h5-6,10H,2-4,7H2,1H3,(H,16,17,18). The van der Waals surface area contributed by atoms with Crippen molar-refractivity contribution in [3.8, 4) is 0 Å². The van der Waals surface area contributed by atoms with E-state index >= 15 is 0 Å². The number of anilines is 1. The van der Waals surface area contributed by atoms with E-state index in [0.29, 0.717) is 31.3 Å². The fourth-order valence-electron chi connectivity index (χ4n) is 2.36. The maximum atomic E-state index is 10.8. The zero-order chi connectivity index (χ0) is 16.4. The molecule has 2 aromatic rings. The van der Waals surface area contributed by atoms with E-state index in [1.807, 2.05) is 11.8 Å². The molecule has 1 atom stereocenters. The molecular weight excluding hydrogens is 324 g/mol. The van der Waals surface area contributed by atoms with Crippen LogP contribution in [0.4, 0.5) is 11.5 Å². The Morgan fingerprint density at radius 2 is 2.43 bits per heavy atom. The highest BCUT2D eigenvalue weighted by molar-refractivity contribution is 6.33. The molecule has 0 radical (unpaired) electrons. The molecule has 23 heavy (non-hydrogen) atoms. The van der Waals surface area contributed by atoms with Crippen LogP contribution in [-0.2, 0) is 11.2 Å². The third-order valence-electron chi connectivity index (χ3n) is 3.56. The fourth-order valence-corrected chi connectivity index (χ4v) is 2.64. The molecule has 0 amide bonds. The second-order valence-corrected chi connectivity index (χ2v) is 5.46. The zero-order valence-electron chi connectivity index (χ0n) is 12.4. The highest BCUT2D eigenvalue weighted by Crippen LogP contribution is 2.30. The summed E-state index contributed by atoms with van der Waals surface area (Å²) >= 11 is 6.14. The minimum absolute atomic E-state index is 0.134. The first-order valence-corrected chi connectivity index (χ1v) is 7.54. The lowest BCUT2D eigenvalue weighted by atomic mass is 10.2. The number of aromatic nitrogens is 4. The van der Waals surface area contributed by atoms with Crippen LogP contribution in [-0.4, -0.2) is 44.8 Å². The van der Waals surface area contributed by atoms with Crippen LogP contribution in [0.3, 0.4) is 0 Å². The smallest absolute Gasteiger partial charge is 0.289 e. The SMILES string of the molecule is CCc1nc(C2CN(c3ncc([N+](=O)[O-])cc3Cl)CCO2)n[nH]1. The predicted octanol–water partition coefficient (Wildman–Crippen LogP) is 1.90. The van der Waals surface area contributed by atoms with Crippen LogP contribution < -0.4 is 4.90 Å². The van der Waals surface area contributed by atoms with Crippen LogP contribution in [0.5, 0.6) is 0 Å². The Hall–Kier alpha value is -2.26. The van der Waals surface area contributed by atoms with E-state index in [1.54, 1.807) is 0 Å². The molecule has 2 aromatic heterocycles. The van der Waals surface area contributed by atoms with Gasteiger partial charge in [0.2, 0.25) is 0 Å². The van der Waals surface area contributed by atoms with Gasteiger partial charge in [-0.25, -0.2) is 9.97 Å². The number of aryl methyl sites for hydroxylation is 1. The second kappa shape index (κ2) is 6.47. The van der Waals surface area contributed by atoms with E-state index in [4.69, 9.17) is 16.3 Å². The van der Waals surface area contributed by atoms with E-state index in [-0.39, 0.29) is 16.8 Å². The van der Waals surface area contributed by atoms with Crippen LogP contribution >= 0.6 is 11.6 Å². The van der Waals surface area contributed by atoms with Crippen LogP contribution in [0.2, 0.25) is 5.02 Å². The highest BCUT2D eigenvalue weighted by atomic mass is 35.5. The number of nitrogens with one attached hydrogen (secondary N) is 1. The largest absolute Gasteiger partial charge is 0.366 e. The maximum absolute atomic E-state index is 10.8. The summed E-state index contributed by atoms with van der Waals surface area (Å²) in [5.41, 5.74) is -0.134. The first-order chi connectivity index (χ1) is 11.1. The quantitative estimate of drug-likeness (QED) is 0.669. The molecule has 0 bridgehead atoms. The minimum Gasteiger partial charge on any atom is -0.366 e. The van der Waals surface area contributed by atoms with Gasteiger partial charge in [-0.15, -0.1) is 0 Å². The number of hydrogen-bond donors (Lipinski definition) is 1. The lowest BCUT2D eigenvalue weighted by Crippen LogP contribution is -2.39. The molecule has 1 fully saturated rings. The molecule has 0 aliphatic carbocycles. The molecule has 9 nitrogen and oxygen atoms in total. The molecule has 1 saturated heterocycles. The van der Waals surface area contributed by atoms with Crippen molar-refractivity contribution in [2.75, 3.05) is 24.6 Å². The number of rotatable bonds is 4. The molecule has 0 aromatic carbocycles. The molecular formula is C13H15ClN6O3. The van der Waals surface area contributed by atoms with Gasteiger partial charge in [0.05, 0.1) is 23.1 Å². The molecule has 122 valence electrons. The summed E-state index contributed by atoms with van der Waals surface area (Å²) in [6, 6.07) is 1.30. The van der Waals surface area contributed by atoms with E-state index in [9.17, 15) is 10.1 Å². The average molecular weight is 339 g/mol. The van der Waals surface area contributed by atoms with Crippen molar-refractivity contribution in [3.63, 3.8) is 0 Å². The monoisotopic (exact) mass is 338 g/mol. The summed E-state index contributed by atoms with van der Waals surface area (Å²) in [6.45, 7) is 3.52. The molecule has 1 N–H and O–H groups in total. The Balaban J connectivity index is 1.79. The predicted molar refractivity (Wildman–Crippen MR) is 82.6 cm³/mol. The number of pyridine rings is 1. The van der Waals surface area contributed by atoms with Crippen molar-refractivity contribution in [3.05, 3.63) is 39.0 Å². The number of nitrogens with zero attached hydrogens (tertiary/aromatic N) is 5. The first-order valence-electron chi connectivity index (χ1n) is 7.16. The maximum Gasteiger partial charge on any atom is 0.289 e. The summed E-state index contributed by atoms with van der Waals surface area (Å²) < 4.78 is 5.71. The van der Waals surface area contributed by atoms with Crippen LogP contribution in [0.25, 0.3) is 0 Å². The van der Waals surface area contributed by atoms with Gasteiger partial charge < -0.3 is 9.64 Å². The molecule has 1 unspecified atom stereocenters. The molecule has 1 aliphatic rings. The van der Waals surface area contributed by atoms with Gasteiger partial charge in [-0.3, -0.25) is 15.2 Å². The van der Waals surface area contributed by atoms with Gasteiger partial charge in [-0.05, 0) is 0 Å². The van der Waals surface area contributed by atoms with Crippen molar-refractivity contribution in [1.82, 2.24) is 20.2 Å². The van der Waals surface area contributed by atoms with Gasteiger partial charge in [0.15, 0.2) is 5.82 Å². The van der Waals surface area contributed by atoms with E-state index in [2.05, 4.69) is 20.2 Å². The first kappa shape index (κ1) is 15.6. The lowest BCUT2D eigenvalue weighted by molar-refractivity contribution is -0.385. The van der Waals surface area contributed by atoms with Crippen molar-refractivity contribution in [2.45, 2.75) is 19.4 Å². The van der Waals surface area contributed by atoms with Gasteiger partial charge in [0, 0.05) is 19.0 Å². The molecule has 0 saturated carbocycles. The van der Waals surface area contributed by atoms with Crippen molar-refractivity contribution < 1.29 is 9.66 Å². The van der Waals surface area contributed by atoms with Crippen molar-refractivity contribution in [2.24, 2.45) is 0 Å². The Kier molecular flexibility index (Phi) is 4.39. The number of morpholine rings is 1. The minimum atomic E-state index is -0.523. The van der Waals surface area contributed by atoms with Gasteiger partial charge in [0.25, 0.3) is 5.69 Å². The second-order valence-electron chi connectivity index (χ2n) is 5.06. The topological polar surface area (TPSA) is 110 Å². The van der Waals surface area contributed by atoms with Gasteiger partial charge in [-0.2, -0.15) is 5.10 Å². The molecule has 0 spiro atoms. The Morgan fingerprint density at radius 3 is 3.09 bits per heavy atom. The normalized spacial score (nSPS) is 18.2. The summed E-state index contributed by atoms with van der Waals surface area (Å²) in [5.74, 6) is 1.88.